The molecule has 0 spiro atoms. The monoisotopic (exact) mass is 362 g/mol. The molecule has 4 nitrogen and oxygen atoms in total. The summed E-state index contributed by atoms with van der Waals surface area (Å²) < 4.78 is 10.1. The summed E-state index contributed by atoms with van der Waals surface area (Å²) in [6.07, 6.45) is 9.25. The molecule has 0 saturated heterocycles. The number of carbonyl (C=O) groups is 2. The van der Waals surface area contributed by atoms with Gasteiger partial charge in [0.05, 0.1) is 13.0 Å². The van der Waals surface area contributed by atoms with E-state index in [1.165, 1.54) is 25.2 Å². The first-order valence-corrected chi connectivity index (χ1v) is 9.84. The summed E-state index contributed by atoms with van der Waals surface area (Å²) in [6.45, 7) is 10.6. The third kappa shape index (κ3) is 4.57. The first-order valence-electron chi connectivity index (χ1n) is 9.84. The molecule has 0 bridgehead atoms. The fourth-order valence-corrected chi connectivity index (χ4v) is 5.24. The van der Waals surface area contributed by atoms with Crippen molar-refractivity contribution in [3.63, 3.8) is 0 Å². The maximum atomic E-state index is 12.3. The van der Waals surface area contributed by atoms with E-state index in [1.54, 1.807) is 0 Å². The number of hydrogen-bond donors (Lipinski definition) is 0. The van der Waals surface area contributed by atoms with Gasteiger partial charge in [-0.15, -0.1) is 0 Å². The van der Waals surface area contributed by atoms with E-state index in [9.17, 15) is 9.59 Å². The van der Waals surface area contributed by atoms with Gasteiger partial charge in [-0.05, 0) is 68.8 Å². The van der Waals surface area contributed by atoms with Crippen LogP contribution in [0.4, 0.5) is 0 Å². The lowest BCUT2D eigenvalue weighted by Crippen LogP contribution is -2.48. The van der Waals surface area contributed by atoms with Crippen molar-refractivity contribution in [1.29, 1.82) is 0 Å². The van der Waals surface area contributed by atoms with E-state index in [0.29, 0.717) is 18.4 Å². The molecule has 0 unspecified atom stereocenters. The Morgan fingerprint density at radius 1 is 1.31 bits per heavy atom. The largest absolute Gasteiger partial charge is 0.469 e. The molecular formula is C22H34O4. The predicted octanol–water partition coefficient (Wildman–Crippen LogP) is 4.84. The van der Waals surface area contributed by atoms with E-state index >= 15 is 0 Å². The second kappa shape index (κ2) is 8.88. The number of fused-ring (bicyclic) bond motifs is 1. The molecule has 0 aromatic carbocycles. The lowest BCUT2D eigenvalue weighted by molar-refractivity contribution is -0.154. The molecule has 2 saturated carbocycles. The Kier molecular flexibility index (Phi) is 7.08. The number of ether oxygens (including phenoxy) is 2. The summed E-state index contributed by atoms with van der Waals surface area (Å²) in [5.74, 6) is 0.580. The van der Waals surface area contributed by atoms with Crippen molar-refractivity contribution >= 4 is 11.9 Å². The first kappa shape index (κ1) is 20.7. The quantitative estimate of drug-likeness (QED) is 0.501. The molecule has 26 heavy (non-hydrogen) atoms. The third-order valence-electron chi connectivity index (χ3n) is 6.68. The summed E-state index contributed by atoms with van der Waals surface area (Å²) in [6, 6.07) is 0. The number of esters is 2. The van der Waals surface area contributed by atoms with Gasteiger partial charge in [-0.3, -0.25) is 9.59 Å². The van der Waals surface area contributed by atoms with Crippen molar-refractivity contribution in [2.45, 2.75) is 65.7 Å². The molecule has 2 aliphatic carbocycles. The van der Waals surface area contributed by atoms with E-state index in [1.807, 2.05) is 6.08 Å². The summed E-state index contributed by atoms with van der Waals surface area (Å²) in [5, 5.41) is 0. The molecule has 0 aromatic rings. The first-order chi connectivity index (χ1) is 12.3. The fraction of sp³-hybridized carbons (Fsp3) is 0.727. The van der Waals surface area contributed by atoms with Gasteiger partial charge >= 0.3 is 11.9 Å². The Morgan fingerprint density at radius 3 is 2.69 bits per heavy atom. The Balaban J connectivity index is 2.07. The molecule has 146 valence electrons. The van der Waals surface area contributed by atoms with E-state index in [0.717, 1.165) is 44.9 Å². The highest BCUT2D eigenvalue weighted by Gasteiger charge is 2.51. The van der Waals surface area contributed by atoms with E-state index in [4.69, 9.17) is 9.47 Å². The Hall–Kier alpha value is -1.58. The summed E-state index contributed by atoms with van der Waals surface area (Å²) in [4.78, 5) is 23.2. The van der Waals surface area contributed by atoms with Crippen molar-refractivity contribution in [2.24, 2.45) is 23.2 Å². The van der Waals surface area contributed by atoms with Gasteiger partial charge in [0.15, 0.2) is 0 Å². The molecule has 2 rings (SSSR count). The van der Waals surface area contributed by atoms with Gasteiger partial charge in [0.25, 0.3) is 0 Å². The lowest BCUT2D eigenvalue weighted by atomic mass is 9.50. The average molecular weight is 363 g/mol. The summed E-state index contributed by atoms with van der Waals surface area (Å²) >= 11 is 0. The van der Waals surface area contributed by atoms with Crippen LogP contribution in [0, 0.1) is 23.2 Å². The minimum absolute atomic E-state index is 0.0370. The molecule has 0 radical (unpaired) electrons. The predicted molar refractivity (Wildman–Crippen MR) is 102 cm³/mol. The summed E-state index contributed by atoms with van der Waals surface area (Å²) in [5.41, 5.74) is 2.70. The van der Waals surface area contributed by atoms with Gasteiger partial charge < -0.3 is 9.47 Å². The number of rotatable bonds is 6. The van der Waals surface area contributed by atoms with Gasteiger partial charge in [0.2, 0.25) is 0 Å². The molecular weight excluding hydrogens is 328 g/mol. The Labute approximate surface area is 158 Å². The maximum absolute atomic E-state index is 12.3. The smallest absolute Gasteiger partial charge is 0.308 e. The molecule has 0 amide bonds. The number of hydrogen-bond acceptors (Lipinski definition) is 4. The van der Waals surface area contributed by atoms with Crippen LogP contribution >= 0.6 is 0 Å². The molecule has 0 aliphatic heterocycles. The van der Waals surface area contributed by atoms with E-state index in [-0.39, 0.29) is 23.3 Å². The Bertz CT molecular complexity index is 577. The number of carbonyl (C=O) groups excluding carboxylic acids is 2. The number of allylic oxidation sites excluding steroid dienone is 2. The van der Waals surface area contributed by atoms with Crippen LogP contribution in [0.15, 0.2) is 23.8 Å². The number of methoxy groups -OCH3 is 1. The van der Waals surface area contributed by atoms with Crippen molar-refractivity contribution in [3.05, 3.63) is 23.8 Å². The molecule has 4 heteroatoms. The summed E-state index contributed by atoms with van der Waals surface area (Å²) in [7, 11) is 1.50. The SMILES string of the molecule is C=C1CC[C@@H]2[C@@H](C(=O)OC)CCC[C@@]2(C)[C@H]1CC/C(C)=C/COC(C)=O. The molecule has 0 aromatic heterocycles. The van der Waals surface area contributed by atoms with Crippen LogP contribution in [0.5, 0.6) is 0 Å². The second-order valence-electron chi connectivity index (χ2n) is 8.28. The normalized spacial score (nSPS) is 31.9. The molecule has 0 heterocycles. The highest BCUT2D eigenvalue weighted by molar-refractivity contribution is 5.73. The molecule has 4 atom stereocenters. The van der Waals surface area contributed by atoms with Crippen molar-refractivity contribution in [1.82, 2.24) is 0 Å². The van der Waals surface area contributed by atoms with Gasteiger partial charge in [0.1, 0.15) is 6.61 Å². The minimum Gasteiger partial charge on any atom is -0.469 e. The minimum atomic E-state index is -0.249. The van der Waals surface area contributed by atoms with Crippen LogP contribution in [-0.2, 0) is 19.1 Å². The highest BCUT2D eigenvalue weighted by atomic mass is 16.5. The van der Waals surface area contributed by atoms with E-state index in [2.05, 4.69) is 20.4 Å². The Morgan fingerprint density at radius 2 is 2.04 bits per heavy atom. The fourth-order valence-electron chi connectivity index (χ4n) is 5.24. The van der Waals surface area contributed by atoms with Gasteiger partial charge in [-0.2, -0.15) is 0 Å². The third-order valence-corrected chi connectivity index (χ3v) is 6.68. The van der Waals surface area contributed by atoms with Crippen LogP contribution in [0.3, 0.4) is 0 Å². The highest BCUT2D eigenvalue weighted by Crippen LogP contribution is 2.58. The van der Waals surface area contributed by atoms with Crippen LogP contribution < -0.4 is 0 Å². The molecule has 2 fully saturated rings. The molecule has 2 aliphatic rings. The van der Waals surface area contributed by atoms with Gasteiger partial charge in [0, 0.05) is 6.92 Å². The van der Waals surface area contributed by atoms with Gasteiger partial charge in [-0.25, -0.2) is 0 Å². The lowest BCUT2D eigenvalue weighted by Gasteiger charge is -2.54. The van der Waals surface area contributed by atoms with Crippen LogP contribution in [0.2, 0.25) is 0 Å². The topological polar surface area (TPSA) is 52.6 Å². The zero-order valence-electron chi connectivity index (χ0n) is 16.8. The van der Waals surface area contributed by atoms with Crippen LogP contribution in [0.25, 0.3) is 0 Å². The van der Waals surface area contributed by atoms with Crippen molar-refractivity contribution in [3.8, 4) is 0 Å². The molecule has 0 N–H and O–H groups in total. The van der Waals surface area contributed by atoms with Crippen LogP contribution in [0.1, 0.15) is 65.7 Å². The average Bonchev–Trinajstić information content (AvgIpc) is 2.59. The zero-order chi connectivity index (χ0) is 19.3. The second-order valence-corrected chi connectivity index (χ2v) is 8.28. The van der Waals surface area contributed by atoms with Crippen LogP contribution in [-0.4, -0.2) is 25.7 Å². The maximum Gasteiger partial charge on any atom is 0.308 e. The zero-order valence-corrected chi connectivity index (χ0v) is 16.8. The van der Waals surface area contributed by atoms with Crippen molar-refractivity contribution in [2.75, 3.05) is 13.7 Å². The van der Waals surface area contributed by atoms with Gasteiger partial charge in [-0.1, -0.05) is 31.1 Å². The van der Waals surface area contributed by atoms with E-state index < -0.39 is 0 Å². The standard InChI is InChI=1S/C22H34O4/c1-15(12-14-26-17(3)23)8-10-19-16(2)9-11-20-18(21(24)25-5)7-6-13-22(19,20)4/h12,18-20H,2,6-11,13-14H2,1,3-5H3/b15-12+/t18-,19-,20+,22-/m0/s1. The van der Waals surface area contributed by atoms with Crippen molar-refractivity contribution < 1.29 is 19.1 Å².